The minimum Gasteiger partial charge on any atom is -0.366 e. The predicted octanol–water partition coefficient (Wildman–Crippen LogP) is 3.71. The van der Waals surface area contributed by atoms with Crippen LogP contribution in [0.1, 0.15) is 22.5 Å². The van der Waals surface area contributed by atoms with Gasteiger partial charge in [-0.2, -0.15) is 0 Å². The minimum absolute atomic E-state index is 0.682. The smallest absolute Gasteiger partial charge is 0.132 e. The van der Waals surface area contributed by atoms with E-state index in [1.165, 1.54) is 11.1 Å². The monoisotopic (exact) mass is 319 g/mol. The van der Waals surface area contributed by atoms with Crippen LogP contribution < -0.4 is 10.6 Å². The van der Waals surface area contributed by atoms with E-state index < -0.39 is 0 Å². The zero-order chi connectivity index (χ0) is 16.8. The number of hydrogen-bond acceptors (Lipinski definition) is 5. The van der Waals surface area contributed by atoms with Crippen molar-refractivity contribution in [3.63, 3.8) is 0 Å². The number of rotatable bonds is 6. The molecular formula is C19H21N5. The lowest BCUT2D eigenvalue weighted by molar-refractivity contribution is 1.00. The Bertz CT molecular complexity index is 785. The average Bonchev–Trinajstić information content (AvgIpc) is 2.60. The average molecular weight is 319 g/mol. The quantitative estimate of drug-likeness (QED) is 0.725. The fourth-order valence-electron chi connectivity index (χ4n) is 2.34. The first-order valence-corrected chi connectivity index (χ1v) is 7.97. The van der Waals surface area contributed by atoms with Gasteiger partial charge in [-0.15, -0.1) is 0 Å². The molecule has 0 aliphatic heterocycles. The molecule has 2 heterocycles. The summed E-state index contributed by atoms with van der Waals surface area (Å²) in [4.78, 5) is 13.0. The molecule has 3 aromatic rings. The normalized spacial score (nSPS) is 10.4. The zero-order valence-corrected chi connectivity index (χ0v) is 14.0. The molecule has 0 amide bonds. The van der Waals surface area contributed by atoms with Crippen molar-refractivity contribution < 1.29 is 0 Å². The van der Waals surface area contributed by atoms with Gasteiger partial charge in [0.25, 0.3) is 0 Å². The first-order valence-electron chi connectivity index (χ1n) is 7.97. The van der Waals surface area contributed by atoms with Crippen LogP contribution in [0.2, 0.25) is 0 Å². The van der Waals surface area contributed by atoms with Crippen LogP contribution in [0.4, 0.5) is 11.6 Å². The van der Waals surface area contributed by atoms with Gasteiger partial charge in [-0.05, 0) is 31.0 Å². The molecule has 24 heavy (non-hydrogen) atoms. The molecule has 0 atom stereocenters. The van der Waals surface area contributed by atoms with Crippen LogP contribution in [0.3, 0.4) is 0 Å². The number of nitrogens with zero attached hydrogens (tertiary/aromatic N) is 3. The highest BCUT2D eigenvalue weighted by Gasteiger charge is 2.02. The van der Waals surface area contributed by atoms with Gasteiger partial charge in [0.2, 0.25) is 0 Å². The van der Waals surface area contributed by atoms with E-state index in [0.29, 0.717) is 6.54 Å². The number of benzene rings is 1. The second-order valence-corrected chi connectivity index (χ2v) is 5.74. The number of aryl methyl sites for hydroxylation is 2. The van der Waals surface area contributed by atoms with Crippen LogP contribution in [-0.4, -0.2) is 15.0 Å². The summed E-state index contributed by atoms with van der Waals surface area (Å²) in [7, 11) is 0. The van der Waals surface area contributed by atoms with Gasteiger partial charge < -0.3 is 10.6 Å². The molecule has 0 aliphatic rings. The molecule has 5 heteroatoms. The van der Waals surface area contributed by atoms with E-state index in [1.54, 1.807) is 6.20 Å². The van der Waals surface area contributed by atoms with Crippen molar-refractivity contribution in [1.82, 2.24) is 15.0 Å². The maximum Gasteiger partial charge on any atom is 0.132 e. The van der Waals surface area contributed by atoms with Crippen molar-refractivity contribution in [2.45, 2.75) is 26.9 Å². The highest BCUT2D eigenvalue weighted by atomic mass is 15.1. The summed E-state index contributed by atoms with van der Waals surface area (Å²) in [5.74, 6) is 2.35. The summed E-state index contributed by atoms with van der Waals surface area (Å²) in [6, 6.07) is 14.4. The predicted molar refractivity (Wildman–Crippen MR) is 96.8 cm³/mol. The molecule has 2 aromatic heterocycles. The maximum absolute atomic E-state index is 4.45. The van der Waals surface area contributed by atoms with Crippen LogP contribution >= 0.6 is 0 Å². The zero-order valence-electron chi connectivity index (χ0n) is 14.0. The van der Waals surface area contributed by atoms with E-state index >= 15 is 0 Å². The van der Waals surface area contributed by atoms with E-state index in [-0.39, 0.29) is 0 Å². The van der Waals surface area contributed by atoms with Crippen molar-refractivity contribution >= 4 is 11.6 Å². The summed E-state index contributed by atoms with van der Waals surface area (Å²) in [5.41, 5.74) is 3.60. The van der Waals surface area contributed by atoms with E-state index in [4.69, 9.17) is 0 Å². The molecule has 122 valence electrons. The number of anilines is 2. The number of pyridine rings is 1. The molecule has 1 aromatic carbocycles. The van der Waals surface area contributed by atoms with Gasteiger partial charge in [-0.3, -0.25) is 4.98 Å². The van der Waals surface area contributed by atoms with Crippen molar-refractivity contribution in [2.75, 3.05) is 10.6 Å². The van der Waals surface area contributed by atoms with Gasteiger partial charge in [0.1, 0.15) is 17.5 Å². The largest absolute Gasteiger partial charge is 0.366 e. The lowest BCUT2D eigenvalue weighted by atomic mass is 10.1. The Hall–Kier alpha value is -2.95. The standard InChI is InChI=1S/C19H21N5/c1-14-5-7-16(8-6-14)12-21-18-10-19(24-15(2)23-18)22-13-17-4-3-9-20-11-17/h3-11H,12-13H2,1-2H3,(H2,21,22,23,24). The third-order valence-electron chi connectivity index (χ3n) is 3.63. The number of aromatic nitrogens is 3. The highest BCUT2D eigenvalue weighted by Crippen LogP contribution is 2.14. The van der Waals surface area contributed by atoms with Crippen LogP contribution in [-0.2, 0) is 13.1 Å². The molecule has 0 unspecified atom stereocenters. The summed E-state index contributed by atoms with van der Waals surface area (Å²) < 4.78 is 0. The molecule has 0 bridgehead atoms. The summed E-state index contributed by atoms with van der Waals surface area (Å²) in [6.45, 7) is 5.40. The number of nitrogens with one attached hydrogen (secondary N) is 2. The Kier molecular flexibility index (Phi) is 5.01. The lowest BCUT2D eigenvalue weighted by Gasteiger charge is -2.10. The first-order chi connectivity index (χ1) is 11.7. The molecule has 0 spiro atoms. The molecule has 2 N–H and O–H groups in total. The fraction of sp³-hybridized carbons (Fsp3) is 0.211. The molecule has 5 nitrogen and oxygen atoms in total. The van der Waals surface area contributed by atoms with Crippen LogP contribution in [0, 0.1) is 13.8 Å². The summed E-state index contributed by atoms with van der Waals surface area (Å²) in [6.07, 6.45) is 3.61. The third-order valence-corrected chi connectivity index (χ3v) is 3.63. The Balaban J connectivity index is 1.63. The summed E-state index contributed by atoms with van der Waals surface area (Å²) in [5, 5.41) is 6.67. The Morgan fingerprint density at radius 2 is 1.50 bits per heavy atom. The van der Waals surface area contributed by atoms with Gasteiger partial charge in [0.15, 0.2) is 0 Å². The molecule has 0 aliphatic carbocycles. The van der Waals surface area contributed by atoms with Gasteiger partial charge in [0.05, 0.1) is 0 Å². The van der Waals surface area contributed by atoms with E-state index in [0.717, 1.165) is 29.6 Å². The van der Waals surface area contributed by atoms with Crippen LogP contribution in [0.25, 0.3) is 0 Å². The maximum atomic E-state index is 4.45. The Morgan fingerprint density at radius 3 is 2.12 bits per heavy atom. The Morgan fingerprint density at radius 1 is 0.833 bits per heavy atom. The van der Waals surface area contributed by atoms with Gasteiger partial charge in [-0.25, -0.2) is 9.97 Å². The number of hydrogen-bond donors (Lipinski definition) is 2. The van der Waals surface area contributed by atoms with Gasteiger partial charge in [0, 0.05) is 31.5 Å². The van der Waals surface area contributed by atoms with Crippen LogP contribution in [0.5, 0.6) is 0 Å². The summed E-state index contributed by atoms with van der Waals surface area (Å²) >= 11 is 0. The van der Waals surface area contributed by atoms with Crippen molar-refractivity contribution in [3.8, 4) is 0 Å². The molecule has 0 radical (unpaired) electrons. The van der Waals surface area contributed by atoms with Gasteiger partial charge >= 0.3 is 0 Å². The third kappa shape index (κ3) is 4.52. The van der Waals surface area contributed by atoms with Crippen molar-refractivity contribution in [3.05, 3.63) is 77.4 Å². The lowest BCUT2D eigenvalue weighted by Crippen LogP contribution is -2.07. The first kappa shape index (κ1) is 15.9. The van der Waals surface area contributed by atoms with Crippen molar-refractivity contribution in [2.24, 2.45) is 0 Å². The molecule has 0 saturated heterocycles. The molecular weight excluding hydrogens is 298 g/mol. The SMILES string of the molecule is Cc1ccc(CNc2cc(NCc3cccnc3)nc(C)n2)cc1. The van der Waals surface area contributed by atoms with E-state index in [2.05, 4.69) is 56.8 Å². The van der Waals surface area contributed by atoms with Crippen LogP contribution in [0.15, 0.2) is 54.9 Å². The minimum atomic E-state index is 0.682. The van der Waals surface area contributed by atoms with E-state index in [1.807, 2.05) is 31.3 Å². The second-order valence-electron chi connectivity index (χ2n) is 5.74. The molecule has 0 fully saturated rings. The van der Waals surface area contributed by atoms with Gasteiger partial charge in [-0.1, -0.05) is 35.9 Å². The van der Waals surface area contributed by atoms with E-state index in [9.17, 15) is 0 Å². The molecule has 3 rings (SSSR count). The Labute approximate surface area is 142 Å². The highest BCUT2D eigenvalue weighted by molar-refractivity contribution is 5.48. The topological polar surface area (TPSA) is 62.7 Å². The second kappa shape index (κ2) is 7.55. The van der Waals surface area contributed by atoms with Crippen molar-refractivity contribution in [1.29, 1.82) is 0 Å². The fourth-order valence-corrected chi connectivity index (χ4v) is 2.34. The molecule has 0 saturated carbocycles.